The molecule has 0 spiro atoms. The van der Waals surface area contributed by atoms with Gasteiger partial charge in [-0.3, -0.25) is 0 Å². The molecule has 134 valence electrons. The van der Waals surface area contributed by atoms with Crippen molar-refractivity contribution < 1.29 is 35.4 Å². The number of amides is 1. The highest BCUT2D eigenvalue weighted by Gasteiger charge is 2.60. The number of nitrogens with zero attached hydrogens (tertiary/aromatic N) is 1. The molecule has 1 aliphatic heterocycles. The maximum absolute atomic E-state index is 12.6. The monoisotopic (exact) mass is 365 g/mol. The van der Waals surface area contributed by atoms with Gasteiger partial charge < -0.3 is 9.90 Å². The molecule has 1 amide bonds. The van der Waals surface area contributed by atoms with E-state index in [1.54, 1.807) is 20.8 Å². The molecular formula is C15H18F3NO4S. The molecule has 1 saturated heterocycles. The zero-order valence-electron chi connectivity index (χ0n) is 13.4. The molecule has 0 radical (unpaired) electrons. The van der Waals surface area contributed by atoms with E-state index in [4.69, 9.17) is 4.18 Å². The van der Waals surface area contributed by atoms with E-state index >= 15 is 0 Å². The highest BCUT2D eigenvalue weighted by Crippen LogP contribution is 2.38. The van der Waals surface area contributed by atoms with Gasteiger partial charge in [-0.05, 0) is 38.5 Å². The Bertz CT molecular complexity index is 654. The van der Waals surface area contributed by atoms with Gasteiger partial charge >= 0.3 is 17.4 Å². The number of carbonyl (C=O) groups is 1. The smallest absolute Gasteiger partial charge is 0.416 e. The Labute approximate surface area is 140 Å². The fourth-order valence-corrected chi connectivity index (χ4v) is 4.38. The lowest BCUT2D eigenvalue weighted by molar-refractivity contribution is -0.821. The van der Waals surface area contributed by atoms with Gasteiger partial charge in [0.25, 0.3) is 6.09 Å². The topological polar surface area (TPSA) is 66.4 Å². The molecule has 5 nitrogen and oxygen atoms in total. The third-order valence-electron chi connectivity index (χ3n) is 4.13. The van der Waals surface area contributed by atoms with Crippen molar-refractivity contribution in [2.45, 2.75) is 44.9 Å². The zero-order chi connectivity index (χ0) is 18.3. The summed E-state index contributed by atoms with van der Waals surface area (Å²) in [5, 5.41) is 11.8. The number of hydrogen-bond acceptors (Lipinski definition) is 4. The summed E-state index contributed by atoms with van der Waals surface area (Å²) in [4.78, 5) is 11.8. The molecule has 1 aromatic rings. The van der Waals surface area contributed by atoms with Crippen LogP contribution in [0.1, 0.15) is 31.9 Å². The van der Waals surface area contributed by atoms with Crippen molar-refractivity contribution >= 4 is 17.4 Å². The van der Waals surface area contributed by atoms with E-state index in [1.165, 1.54) is 12.1 Å². The van der Waals surface area contributed by atoms with Crippen molar-refractivity contribution in [1.82, 2.24) is 0 Å². The predicted molar refractivity (Wildman–Crippen MR) is 78.4 cm³/mol. The molecule has 1 fully saturated rings. The lowest BCUT2D eigenvalue weighted by Crippen LogP contribution is -2.70. The summed E-state index contributed by atoms with van der Waals surface area (Å²) in [6, 6.07) is 3.72. The van der Waals surface area contributed by atoms with E-state index in [2.05, 4.69) is 0 Å². The SMILES string of the molecule is CC(C)(C)[N+]1(C(=O)[O-])[C@@H](Cc2ccc(C(F)(F)F)cc2)COS1=O. The minimum absolute atomic E-state index is 0.0844. The van der Waals surface area contributed by atoms with E-state index in [1.807, 2.05) is 0 Å². The number of rotatable bonds is 2. The highest BCUT2D eigenvalue weighted by atomic mass is 32.2. The van der Waals surface area contributed by atoms with Crippen molar-refractivity contribution in [3.8, 4) is 0 Å². The quantitative estimate of drug-likeness (QED) is 0.754. The molecule has 2 rings (SSSR count). The van der Waals surface area contributed by atoms with Crippen molar-refractivity contribution in [2.75, 3.05) is 6.61 Å². The van der Waals surface area contributed by atoms with E-state index in [-0.39, 0.29) is 13.0 Å². The Morgan fingerprint density at radius 1 is 1.29 bits per heavy atom. The molecule has 0 aliphatic carbocycles. The molecule has 1 heterocycles. The van der Waals surface area contributed by atoms with Gasteiger partial charge in [0, 0.05) is 6.42 Å². The predicted octanol–water partition coefficient (Wildman–Crippen LogP) is 2.18. The van der Waals surface area contributed by atoms with Gasteiger partial charge in [-0.15, -0.1) is 0 Å². The number of halogens is 3. The first-order valence-corrected chi connectivity index (χ1v) is 8.26. The van der Waals surface area contributed by atoms with Crippen LogP contribution in [0, 0.1) is 0 Å². The second kappa shape index (κ2) is 6.12. The van der Waals surface area contributed by atoms with Crippen LogP contribution in [0.3, 0.4) is 0 Å². The molecule has 1 aromatic carbocycles. The fraction of sp³-hybridized carbons (Fsp3) is 0.533. The van der Waals surface area contributed by atoms with Crippen molar-refractivity contribution in [3.05, 3.63) is 35.4 Å². The van der Waals surface area contributed by atoms with Gasteiger partial charge in [0.1, 0.15) is 18.2 Å². The number of carbonyl (C=O) groups excluding carboxylic acids is 1. The largest absolute Gasteiger partial charge is 0.497 e. The van der Waals surface area contributed by atoms with Crippen LogP contribution in [0.15, 0.2) is 24.3 Å². The lowest BCUT2D eigenvalue weighted by atomic mass is 9.98. The van der Waals surface area contributed by atoms with Crippen molar-refractivity contribution in [3.63, 3.8) is 0 Å². The Morgan fingerprint density at radius 2 is 1.83 bits per heavy atom. The van der Waals surface area contributed by atoms with Gasteiger partial charge in [0.15, 0.2) is 0 Å². The summed E-state index contributed by atoms with van der Waals surface area (Å²) < 4.78 is 54.3. The Hall–Kier alpha value is -1.45. The van der Waals surface area contributed by atoms with E-state index in [0.717, 1.165) is 12.1 Å². The second-order valence-corrected chi connectivity index (χ2v) is 7.89. The molecule has 3 atom stereocenters. The number of alkyl halides is 3. The molecule has 1 aliphatic rings. The summed E-state index contributed by atoms with van der Waals surface area (Å²) in [6.07, 6.45) is -5.86. The maximum Gasteiger partial charge on any atom is 0.416 e. The second-order valence-electron chi connectivity index (χ2n) is 6.65. The van der Waals surface area contributed by atoms with Gasteiger partial charge in [0.2, 0.25) is 0 Å². The average molecular weight is 365 g/mol. The van der Waals surface area contributed by atoms with Crippen LogP contribution in [-0.2, 0) is 28.0 Å². The molecule has 0 bridgehead atoms. The van der Waals surface area contributed by atoms with Crippen LogP contribution >= 0.6 is 0 Å². The van der Waals surface area contributed by atoms with Gasteiger partial charge in [0.05, 0.1) is 5.56 Å². The van der Waals surface area contributed by atoms with Crippen molar-refractivity contribution in [2.24, 2.45) is 0 Å². The Balaban J connectivity index is 2.34. The van der Waals surface area contributed by atoms with E-state index in [0.29, 0.717) is 5.56 Å². The Morgan fingerprint density at radius 3 is 2.25 bits per heavy atom. The number of quaternary nitrogens is 1. The Kier molecular flexibility index (Phi) is 4.82. The summed E-state index contributed by atoms with van der Waals surface area (Å²) in [6.45, 7) is 4.73. The van der Waals surface area contributed by atoms with E-state index < -0.39 is 44.6 Å². The van der Waals surface area contributed by atoms with Crippen molar-refractivity contribution in [1.29, 1.82) is 0 Å². The minimum Gasteiger partial charge on any atom is -0.497 e. The molecule has 0 N–H and O–H groups in total. The number of benzene rings is 1. The number of hydrogen-bond donors (Lipinski definition) is 0. The summed E-state index contributed by atoms with van der Waals surface area (Å²) in [7, 11) is 0. The zero-order valence-corrected chi connectivity index (χ0v) is 14.2. The standard InChI is InChI=1S/C15H18F3NO4S/c1-14(2,3)19(13(20)21)12(9-23-24(19)22)8-10-4-6-11(7-5-10)15(16,17)18/h4-7,12H,8-9H2,1-3H3/t12-,19?,24?/m0/s1. The molecule has 9 heteroatoms. The van der Waals surface area contributed by atoms with Crippen LogP contribution in [0.4, 0.5) is 18.0 Å². The average Bonchev–Trinajstić information content (AvgIpc) is 2.75. The van der Waals surface area contributed by atoms with E-state index in [9.17, 15) is 27.3 Å². The van der Waals surface area contributed by atoms with Gasteiger partial charge in [-0.2, -0.15) is 21.3 Å². The highest BCUT2D eigenvalue weighted by molar-refractivity contribution is 7.74. The van der Waals surface area contributed by atoms with Gasteiger partial charge in [-0.1, -0.05) is 12.1 Å². The summed E-state index contributed by atoms with van der Waals surface area (Å²) in [5.41, 5.74) is -1.26. The van der Waals surface area contributed by atoms with Gasteiger partial charge in [-0.25, -0.2) is 4.18 Å². The third-order valence-corrected chi connectivity index (χ3v) is 5.93. The third kappa shape index (κ3) is 3.07. The lowest BCUT2D eigenvalue weighted by Gasteiger charge is -2.44. The number of carboxylic acid groups (broad SMARTS) is 1. The van der Waals surface area contributed by atoms with Crippen LogP contribution in [0.5, 0.6) is 0 Å². The first-order chi connectivity index (χ1) is 10.9. The first-order valence-electron chi connectivity index (χ1n) is 7.23. The van der Waals surface area contributed by atoms with Crippen LogP contribution in [-0.4, -0.2) is 32.4 Å². The molecule has 2 unspecified atom stereocenters. The first kappa shape index (κ1) is 18.9. The molecule has 24 heavy (non-hydrogen) atoms. The normalized spacial score (nSPS) is 28.1. The molecule has 0 saturated carbocycles. The summed E-state index contributed by atoms with van der Waals surface area (Å²) >= 11 is -2.15. The maximum atomic E-state index is 12.6. The minimum atomic E-state index is -4.44. The van der Waals surface area contributed by atoms with Crippen LogP contribution < -0.4 is 5.11 Å². The molecular weight excluding hydrogens is 347 g/mol. The van der Waals surface area contributed by atoms with Crippen LogP contribution in [0.2, 0.25) is 0 Å². The van der Waals surface area contributed by atoms with Crippen LogP contribution in [0.25, 0.3) is 0 Å². The fourth-order valence-electron chi connectivity index (χ4n) is 2.99. The molecule has 0 aromatic heterocycles. The summed E-state index contributed by atoms with van der Waals surface area (Å²) in [5.74, 6) is 0.